The Morgan fingerprint density at radius 3 is 2.45 bits per heavy atom. The number of hydrogen-bond donors (Lipinski definition) is 1. The van der Waals surface area contributed by atoms with Gasteiger partial charge in [0.15, 0.2) is 6.10 Å². The van der Waals surface area contributed by atoms with Crippen molar-refractivity contribution in [2.75, 3.05) is 13.2 Å². The molecule has 0 bridgehead atoms. The third-order valence-corrected chi connectivity index (χ3v) is 6.57. The highest BCUT2D eigenvalue weighted by atomic mass is 35.5. The maximum absolute atomic E-state index is 11.6. The minimum Gasteiger partial charge on any atom is -0.492 e. The molecular weight excluding hydrogens is 434 g/mol. The van der Waals surface area contributed by atoms with Crippen molar-refractivity contribution in [2.24, 2.45) is 0 Å². The molecule has 0 radical (unpaired) electrons. The lowest BCUT2D eigenvalue weighted by atomic mass is 9.91. The topological polar surface area (TPSA) is 60.7 Å². The largest absolute Gasteiger partial charge is 0.492 e. The normalized spacial score (nSPS) is 13.2. The Morgan fingerprint density at radius 2 is 1.87 bits per heavy atom. The smallest absolute Gasteiger partial charge is 0.333 e. The van der Waals surface area contributed by atoms with Gasteiger partial charge in [-0.25, -0.2) is 4.79 Å². The number of carboxylic acid groups (broad SMARTS) is 1. The van der Waals surface area contributed by atoms with Gasteiger partial charge in [0.1, 0.15) is 12.4 Å². The van der Waals surface area contributed by atoms with E-state index >= 15 is 0 Å². The number of halogens is 1. The van der Waals surface area contributed by atoms with Crippen LogP contribution in [-0.4, -0.2) is 35.0 Å². The molecule has 7 heteroatoms. The zero-order valence-corrected chi connectivity index (χ0v) is 19.6. The Labute approximate surface area is 192 Å². The monoisotopic (exact) mass is 461 g/mol. The van der Waals surface area contributed by atoms with E-state index in [4.69, 9.17) is 21.1 Å². The molecular formula is C24H28ClNO4S. The fourth-order valence-corrected chi connectivity index (χ4v) is 4.84. The number of hydrogen-bond acceptors (Lipinski definition) is 4. The predicted octanol–water partition coefficient (Wildman–Crippen LogP) is 6.24. The Kier molecular flexibility index (Phi) is 8.18. The van der Waals surface area contributed by atoms with E-state index in [-0.39, 0.29) is 5.92 Å². The molecule has 0 saturated heterocycles. The second kappa shape index (κ2) is 10.8. The predicted molar refractivity (Wildman–Crippen MR) is 126 cm³/mol. The lowest BCUT2D eigenvalue weighted by molar-refractivity contribution is -0.151. The zero-order chi connectivity index (χ0) is 22.4. The molecule has 2 heterocycles. The molecule has 3 aromatic rings. The Morgan fingerprint density at radius 1 is 1.13 bits per heavy atom. The first kappa shape index (κ1) is 23.4. The number of thiophene rings is 1. The molecule has 2 aromatic heterocycles. The van der Waals surface area contributed by atoms with Gasteiger partial charge in [-0.2, -0.15) is 0 Å². The molecule has 0 fully saturated rings. The Hall–Kier alpha value is -2.28. The quantitative estimate of drug-likeness (QED) is 0.367. The van der Waals surface area contributed by atoms with Gasteiger partial charge in [-0.1, -0.05) is 30.7 Å². The molecule has 0 spiro atoms. The van der Waals surface area contributed by atoms with Crippen molar-refractivity contribution in [3.8, 4) is 16.3 Å². The van der Waals surface area contributed by atoms with Crippen LogP contribution in [0.1, 0.15) is 37.4 Å². The van der Waals surface area contributed by atoms with Gasteiger partial charge in [-0.15, -0.1) is 11.3 Å². The number of ether oxygens (including phenoxy) is 2. The zero-order valence-electron chi connectivity index (χ0n) is 18.0. The van der Waals surface area contributed by atoms with Crippen LogP contribution in [0.5, 0.6) is 5.75 Å². The van der Waals surface area contributed by atoms with Crippen molar-refractivity contribution >= 4 is 28.9 Å². The number of nitrogens with zero attached hydrogens (tertiary/aromatic N) is 1. The van der Waals surface area contributed by atoms with Crippen LogP contribution in [0.3, 0.4) is 0 Å². The summed E-state index contributed by atoms with van der Waals surface area (Å²) in [7, 11) is 0. The van der Waals surface area contributed by atoms with Crippen LogP contribution >= 0.6 is 22.9 Å². The number of aromatic nitrogens is 1. The van der Waals surface area contributed by atoms with Crippen LogP contribution in [0.4, 0.5) is 0 Å². The number of aryl methyl sites for hydroxylation is 1. The summed E-state index contributed by atoms with van der Waals surface area (Å²) in [4.78, 5) is 12.7. The minimum atomic E-state index is -0.932. The highest BCUT2D eigenvalue weighted by Gasteiger charge is 2.28. The number of aliphatic carboxylic acids is 1. The van der Waals surface area contributed by atoms with Crippen molar-refractivity contribution in [1.82, 2.24) is 4.57 Å². The second-order valence-corrected chi connectivity index (χ2v) is 8.98. The number of benzene rings is 1. The molecule has 5 nitrogen and oxygen atoms in total. The van der Waals surface area contributed by atoms with E-state index in [0.29, 0.717) is 26.2 Å². The van der Waals surface area contributed by atoms with E-state index in [2.05, 4.69) is 23.6 Å². The van der Waals surface area contributed by atoms with Crippen molar-refractivity contribution < 1.29 is 19.4 Å². The van der Waals surface area contributed by atoms with Gasteiger partial charge in [0, 0.05) is 18.2 Å². The summed E-state index contributed by atoms with van der Waals surface area (Å²) in [6, 6.07) is 15.8. The van der Waals surface area contributed by atoms with Crippen molar-refractivity contribution in [3.05, 3.63) is 64.1 Å². The van der Waals surface area contributed by atoms with Gasteiger partial charge in [0.2, 0.25) is 0 Å². The first-order valence-electron chi connectivity index (χ1n) is 10.4. The Balaban J connectivity index is 1.64. The van der Waals surface area contributed by atoms with Crippen molar-refractivity contribution in [1.29, 1.82) is 0 Å². The maximum atomic E-state index is 11.6. The third kappa shape index (κ3) is 5.70. The summed E-state index contributed by atoms with van der Waals surface area (Å²) in [5.41, 5.74) is 3.24. The minimum absolute atomic E-state index is 0.200. The van der Waals surface area contributed by atoms with Gasteiger partial charge < -0.3 is 19.1 Å². The van der Waals surface area contributed by atoms with E-state index in [1.807, 2.05) is 50.2 Å². The molecule has 1 N–H and O–H groups in total. The summed E-state index contributed by atoms with van der Waals surface area (Å²) in [5, 5.41) is 9.50. The van der Waals surface area contributed by atoms with E-state index < -0.39 is 12.1 Å². The first-order chi connectivity index (χ1) is 14.9. The average Bonchev–Trinajstić information content (AvgIpc) is 3.34. The molecule has 0 amide bonds. The Bertz CT molecular complexity index is 995. The summed E-state index contributed by atoms with van der Waals surface area (Å²) in [6.45, 7) is 7.47. The van der Waals surface area contributed by atoms with Crippen LogP contribution < -0.4 is 4.74 Å². The molecule has 0 aliphatic heterocycles. The molecule has 0 aliphatic carbocycles. The number of rotatable bonds is 11. The number of carbonyl (C=O) groups is 1. The molecule has 2 atom stereocenters. The number of carboxylic acids is 1. The maximum Gasteiger partial charge on any atom is 0.333 e. The van der Waals surface area contributed by atoms with E-state index in [0.717, 1.165) is 26.2 Å². The van der Waals surface area contributed by atoms with Crippen LogP contribution in [0.2, 0.25) is 4.34 Å². The van der Waals surface area contributed by atoms with Crippen molar-refractivity contribution in [3.63, 3.8) is 0 Å². The fraction of sp³-hybridized carbons (Fsp3) is 0.375. The highest BCUT2D eigenvalue weighted by molar-refractivity contribution is 7.19. The van der Waals surface area contributed by atoms with Crippen LogP contribution in [0, 0.1) is 6.92 Å². The molecule has 0 saturated carbocycles. The van der Waals surface area contributed by atoms with E-state index in [1.54, 1.807) is 11.3 Å². The van der Waals surface area contributed by atoms with Crippen LogP contribution in [-0.2, 0) is 16.1 Å². The highest BCUT2D eigenvalue weighted by Crippen LogP contribution is 2.32. The van der Waals surface area contributed by atoms with Gasteiger partial charge in [-0.3, -0.25) is 0 Å². The van der Waals surface area contributed by atoms with Crippen molar-refractivity contribution in [2.45, 2.75) is 45.8 Å². The van der Waals surface area contributed by atoms with Gasteiger partial charge >= 0.3 is 5.97 Å². The van der Waals surface area contributed by atoms with Gasteiger partial charge in [0.05, 0.1) is 21.5 Å². The molecule has 2 unspecified atom stereocenters. The SMILES string of the molecule is CCOC(C(=O)O)C(CC)c1ccc(OCCn2c(C)ccc2-c2ccc(Cl)s2)cc1. The third-order valence-electron chi connectivity index (χ3n) is 5.31. The average molecular weight is 462 g/mol. The lowest BCUT2D eigenvalue weighted by Gasteiger charge is -2.23. The summed E-state index contributed by atoms with van der Waals surface area (Å²) < 4.78 is 14.4. The standard InChI is InChI=1S/C24H28ClNO4S/c1-4-19(23(24(27)28)29-5-2)17-7-9-18(10-8-17)30-15-14-26-16(3)6-11-20(26)21-12-13-22(25)31-21/h6-13,19,23H,4-5,14-15H2,1-3H3,(H,27,28). The molecule has 31 heavy (non-hydrogen) atoms. The summed E-state index contributed by atoms with van der Waals surface area (Å²) in [6.07, 6.45) is -0.165. The molecule has 166 valence electrons. The van der Waals surface area contributed by atoms with E-state index in [1.165, 1.54) is 5.69 Å². The van der Waals surface area contributed by atoms with Crippen LogP contribution in [0.15, 0.2) is 48.5 Å². The second-order valence-electron chi connectivity index (χ2n) is 7.26. The molecule has 0 aliphatic rings. The molecule has 1 aromatic carbocycles. The van der Waals surface area contributed by atoms with E-state index in [9.17, 15) is 9.90 Å². The first-order valence-corrected chi connectivity index (χ1v) is 11.6. The van der Waals surface area contributed by atoms with Crippen LogP contribution in [0.25, 0.3) is 10.6 Å². The summed E-state index contributed by atoms with van der Waals surface area (Å²) >= 11 is 7.66. The molecule has 3 rings (SSSR count). The van der Waals surface area contributed by atoms with Gasteiger partial charge in [-0.05, 0) is 62.2 Å². The lowest BCUT2D eigenvalue weighted by Crippen LogP contribution is -2.30. The van der Waals surface area contributed by atoms with Gasteiger partial charge in [0.25, 0.3) is 0 Å². The fourth-order valence-electron chi connectivity index (χ4n) is 3.76. The summed E-state index contributed by atoms with van der Waals surface area (Å²) in [5.74, 6) is -0.374.